The Kier molecular flexibility index (Phi) is 10.2. The molecule has 0 aliphatic heterocycles. The molecule has 0 radical (unpaired) electrons. The number of fused-ring (bicyclic) bond motifs is 1. The summed E-state index contributed by atoms with van der Waals surface area (Å²) in [5.74, 6) is 1.36. The number of carbonyl (C=O) groups excluding carboxylic acids is 1. The van der Waals surface area contributed by atoms with E-state index in [1.54, 1.807) is 35.9 Å². The van der Waals surface area contributed by atoms with Crippen LogP contribution in [0.15, 0.2) is 41.3 Å². The molecule has 0 saturated heterocycles. The number of thioether (sulfide) groups is 1. The number of aromatic nitrogens is 1. The third-order valence-electron chi connectivity index (χ3n) is 4.37. The number of thiazole rings is 1. The Bertz CT molecular complexity index is 1010. The normalized spacial score (nSPS) is 10.9. The predicted molar refractivity (Wildman–Crippen MR) is 136 cm³/mol. The van der Waals surface area contributed by atoms with E-state index < -0.39 is 0 Å². The van der Waals surface area contributed by atoms with Crippen molar-refractivity contribution in [1.29, 1.82) is 0 Å². The van der Waals surface area contributed by atoms with E-state index in [-0.39, 0.29) is 18.3 Å². The third kappa shape index (κ3) is 6.88. The fourth-order valence-electron chi connectivity index (χ4n) is 2.77. The second-order valence-electron chi connectivity index (χ2n) is 6.82. The Labute approximate surface area is 207 Å². The number of benzene rings is 2. The maximum absolute atomic E-state index is 13.1. The molecule has 3 aromatic rings. The SMILES string of the molecule is COc1ccc(Cl)c2sc(N(CCN(C)C)C(=O)CCSc3ccc(Cl)cc3)nc12.Cl. The van der Waals surface area contributed by atoms with Gasteiger partial charge in [-0.15, -0.1) is 24.2 Å². The smallest absolute Gasteiger partial charge is 0.229 e. The van der Waals surface area contributed by atoms with Crippen molar-refractivity contribution in [2.75, 3.05) is 44.9 Å². The van der Waals surface area contributed by atoms with Crippen LogP contribution in [0.1, 0.15) is 6.42 Å². The fraction of sp³-hybridized carbons (Fsp3) is 0.333. The van der Waals surface area contributed by atoms with E-state index in [1.807, 2.05) is 43.3 Å². The van der Waals surface area contributed by atoms with Crippen molar-refractivity contribution in [3.8, 4) is 5.75 Å². The zero-order valence-electron chi connectivity index (χ0n) is 17.4. The van der Waals surface area contributed by atoms with E-state index in [9.17, 15) is 4.79 Å². The van der Waals surface area contributed by atoms with Crippen molar-refractivity contribution in [1.82, 2.24) is 9.88 Å². The molecule has 0 spiro atoms. The largest absolute Gasteiger partial charge is 0.494 e. The van der Waals surface area contributed by atoms with Crippen LogP contribution < -0.4 is 9.64 Å². The molecule has 0 aliphatic rings. The van der Waals surface area contributed by atoms with Crippen LogP contribution in [0, 0.1) is 0 Å². The molecule has 168 valence electrons. The molecule has 0 saturated carbocycles. The summed E-state index contributed by atoms with van der Waals surface area (Å²) in [6, 6.07) is 11.2. The number of anilines is 1. The molecule has 3 rings (SSSR count). The maximum atomic E-state index is 13.1. The van der Waals surface area contributed by atoms with Gasteiger partial charge in [0.2, 0.25) is 5.91 Å². The van der Waals surface area contributed by atoms with Gasteiger partial charge >= 0.3 is 0 Å². The summed E-state index contributed by atoms with van der Waals surface area (Å²) in [7, 11) is 5.57. The van der Waals surface area contributed by atoms with Crippen molar-refractivity contribution in [3.05, 3.63) is 46.4 Å². The first-order valence-corrected chi connectivity index (χ1v) is 11.9. The van der Waals surface area contributed by atoms with Crippen LogP contribution in [0.5, 0.6) is 5.75 Å². The monoisotopic (exact) mass is 519 g/mol. The number of rotatable bonds is 9. The first-order chi connectivity index (χ1) is 14.4. The summed E-state index contributed by atoms with van der Waals surface area (Å²) in [6.45, 7) is 1.29. The number of halogens is 3. The minimum absolute atomic E-state index is 0. The van der Waals surface area contributed by atoms with Gasteiger partial charge in [-0.3, -0.25) is 9.69 Å². The van der Waals surface area contributed by atoms with E-state index in [0.29, 0.717) is 45.2 Å². The van der Waals surface area contributed by atoms with Crippen LogP contribution in [0.4, 0.5) is 5.13 Å². The second kappa shape index (κ2) is 12.1. The summed E-state index contributed by atoms with van der Waals surface area (Å²) in [4.78, 5) is 22.7. The lowest BCUT2D eigenvalue weighted by Crippen LogP contribution is -2.36. The Morgan fingerprint density at radius 3 is 2.48 bits per heavy atom. The number of methoxy groups -OCH3 is 1. The van der Waals surface area contributed by atoms with Crippen molar-refractivity contribution in [2.24, 2.45) is 0 Å². The summed E-state index contributed by atoms with van der Waals surface area (Å²) >= 11 is 15.3. The molecule has 0 aliphatic carbocycles. The number of amides is 1. The molecule has 1 aromatic heterocycles. The molecule has 1 amide bonds. The van der Waals surface area contributed by atoms with Crippen molar-refractivity contribution >= 4 is 80.0 Å². The van der Waals surface area contributed by atoms with Crippen LogP contribution in [-0.4, -0.2) is 55.8 Å². The number of ether oxygens (including phenoxy) is 1. The summed E-state index contributed by atoms with van der Waals surface area (Å²) in [5, 5.41) is 1.95. The van der Waals surface area contributed by atoms with Crippen molar-refractivity contribution in [3.63, 3.8) is 0 Å². The number of nitrogens with zero attached hydrogens (tertiary/aromatic N) is 3. The third-order valence-corrected chi connectivity index (χ3v) is 7.17. The van der Waals surface area contributed by atoms with Gasteiger partial charge in [0, 0.05) is 35.2 Å². The van der Waals surface area contributed by atoms with E-state index in [1.165, 1.54) is 11.3 Å². The molecule has 5 nitrogen and oxygen atoms in total. The zero-order chi connectivity index (χ0) is 21.7. The van der Waals surface area contributed by atoms with Crippen molar-refractivity contribution < 1.29 is 9.53 Å². The quantitative estimate of drug-likeness (QED) is 0.319. The highest BCUT2D eigenvalue weighted by Crippen LogP contribution is 2.39. The molecule has 1 heterocycles. The Morgan fingerprint density at radius 2 is 1.84 bits per heavy atom. The van der Waals surface area contributed by atoms with Gasteiger partial charge in [0.1, 0.15) is 11.3 Å². The lowest BCUT2D eigenvalue weighted by Gasteiger charge is -2.22. The Hall–Kier alpha value is -1.22. The highest BCUT2D eigenvalue weighted by atomic mass is 35.5. The van der Waals surface area contributed by atoms with E-state index >= 15 is 0 Å². The number of carbonyl (C=O) groups is 1. The molecule has 0 fully saturated rings. The summed E-state index contributed by atoms with van der Waals surface area (Å²) < 4.78 is 6.24. The van der Waals surface area contributed by atoms with Crippen LogP contribution in [-0.2, 0) is 4.79 Å². The molecule has 31 heavy (non-hydrogen) atoms. The lowest BCUT2D eigenvalue weighted by atomic mass is 10.3. The Morgan fingerprint density at radius 1 is 1.13 bits per heavy atom. The molecular formula is C21H24Cl3N3O2S2. The summed E-state index contributed by atoms with van der Waals surface area (Å²) in [5.41, 5.74) is 0.684. The average Bonchev–Trinajstić information content (AvgIpc) is 3.16. The van der Waals surface area contributed by atoms with Crippen LogP contribution in [0.25, 0.3) is 10.2 Å². The lowest BCUT2D eigenvalue weighted by molar-refractivity contribution is -0.118. The maximum Gasteiger partial charge on any atom is 0.229 e. The fourth-order valence-corrected chi connectivity index (χ4v) is 5.04. The number of likely N-dealkylation sites (N-methyl/N-ethyl adjacent to an activating group) is 1. The van der Waals surface area contributed by atoms with Gasteiger partial charge < -0.3 is 9.64 Å². The highest BCUT2D eigenvalue weighted by Gasteiger charge is 2.22. The molecule has 2 aromatic carbocycles. The predicted octanol–water partition coefficient (Wildman–Crippen LogP) is 6.11. The minimum atomic E-state index is 0. The molecule has 0 unspecified atom stereocenters. The topological polar surface area (TPSA) is 45.7 Å². The summed E-state index contributed by atoms with van der Waals surface area (Å²) in [6.07, 6.45) is 0.404. The van der Waals surface area contributed by atoms with Crippen LogP contribution in [0.3, 0.4) is 0 Å². The van der Waals surface area contributed by atoms with E-state index in [4.69, 9.17) is 32.9 Å². The molecular weight excluding hydrogens is 497 g/mol. The Balaban J connectivity index is 0.00000341. The van der Waals surface area contributed by atoms with Gasteiger partial charge in [-0.2, -0.15) is 0 Å². The second-order valence-corrected chi connectivity index (χ2v) is 9.81. The molecule has 0 atom stereocenters. The standard InChI is InChI=1S/C21H23Cl2N3O2S2.ClH/c1-25(2)11-12-26(18(27)10-13-29-15-6-4-14(22)5-7-15)21-24-19-17(28-3)9-8-16(23)20(19)30-21;/h4-9H,10-13H2,1-3H3;1H. The van der Waals surface area contributed by atoms with Crippen LogP contribution >= 0.6 is 58.7 Å². The van der Waals surface area contributed by atoms with Gasteiger partial charge in [0.05, 0.1) is 16.8 Å². The molecule has 10 heteroatoms. The first kappa shape index (κ1) is 26.0. The van der Waals surface area contributed by atoms with Crippen molar-refractivity contribution in [2.45, 2.75) is 11.3 Å². The average molecular weight is 521 g/mol. The first-order valence-electron chi connectivity index (χ1n) is 9.35. The van der Waals surface area contributed by atoms with E-state index in [0.717, 1.165) is 16.1 Å². The molecule has 0 bridgehead atoms. The highest BCUT2D eigenvalue weighted by molar-refractivity contribution is 7.99. The zero-order valence-corrected chi connectivity index (χ0v) is 21.4. The number of hydrogen-bond acceptors (Lipinski definition) is 6. The van der Waals surface area contributed by atoms with Gasteiger partial charge in [-0.1, -0.05) is 34.5 Å². The van der Waals surface area contributed by atoms with Gasteiger partial charge in [0.25, 0.3) is 0 Å². The van der Waals surface area contributed by atoms with Crippen LogP contribution in [0.2, 0.25) is 10.0 Å². The van der Waals surface area contributed by atoms with E-state index in [2.05, 4.69) is 0 Å². The minimum Gasteiger partial charge on any atom is -0.494 e. The van der Waals surface area contributed by atoms with Gasteiger partial charge in [-0.05, 0) is 50.5 Å². The van der Waals surface area contributed by atoms with Gasteiger partial charge in [-0.25, -0.2) is 4.98 Å². The van der Waals surface area contributed by atoms with Gasteiger partial charge in [0.15, 0.2) is 5.13 Å². The number of hydrogen-bond donors (Lipinski definition) is 0. The molecule has 0 N–H and O–H groups in total.